The van der Waals surface area contributed by atoms with Crippen LogP contribution in [0.25, 0.3) is 11.0 Å². The van der Waals surface area contributed by atoms with Crippen molar-refractivity contribution in [2.24, 2.45) is 0 Å². The van der Waals surface area contributed by atoms with Crippen LogP contribution in [-0.4, -0.2) is 46.5 Å². The molecule has 0 spiro atoms. The van der Waals surface area contributed by atoms with Gasteiger partial charge in [-0.15, -0.1) is 0 Å². The van der Waals surface area contributed by atoms with E-state index in [0.717, 1.165) is 30.3 Å². The van der Waals surface area contributed by atoms with Gasteiger partial charge >= 0.3 is 6.18 Å². The van der Waals surface area contributed by atoms with Gasteiger partial charge in [-0.25, -0.2) is 4.98 Å². The summed E-state index contributed by atoms with van der Waals surface area (Å²) in [5, 5.41) is 2.88. The van der Waals surface area contributed by atoms with Crippen LogP contribution in [0.4, 0.5) is 13.2 Å². The average molecular weight is 382 g/mol. The first-order valence-electron chi connectivity index (χ1n) is 9.15. The fraction of sp³-hybridized carbons (Fsp3) is 0.579. The van der Waals surface area contributed by atoms with Crippen molar-refractivity contribution < 1.29 is 18.0 Å². The molecular formula is C19H25F3N4O. The topological polar surface area (TPSA) is 50.2 Å². The number of aromatic nitrogens is 2. The maximum absolute atomic E-state index is 13.5. The second kappa shape index (κ2) is 7.14. The monoisotopic (exact) mass is 382 g/mol. The van der Waals surface area contributed by atoms with E-state index < -0.39 is 23.9 Å². The van der Waals surface area contributed by atoms with Crippen molar-refractivity contribution >= 4 is 16.9 Å². The van der Waals surface area contributed by atoms with Crippen molar-refractivity contribution in [1.82, 2.24) is 19.8 Å². The van der Waals surface area contributed by atoms with Crippen LogP contribution in [0.3, 0.4) is 0 Å². The Morgan fingerprint density at radius 1 is 1.30 bits per heavy atom. The molecule has 2 aromatic rings. The molecule has 0 unspecified atom stereocenters. The normalized spacial score (nSPS) is 18.2. The molecule has 1 heterocycles. The number of likely N-dealkylation sites (N-methyl/N-ethyl adjacent to an activating group) is 1. The van der Waals surface area contributed by atoms with E-state index in [-0.39, 0.29) is 11.1 Å². The Bertz CT molecular complexity index is 822. The molecule has 1 saturated carbocycles. The molecule has 1 amide bonds. The summed E-state index contributed by atoms with van der Waals surface area (Å²) in [6.07, 6.45) is -0.515. The summed E-state index contributed by atoms with van der Waals surface area (Å²) in [5.74, 6) is -1.48. The van der Waals surface area contributed by atoms with Crippen molar-refractivity contribution in [1.29, 1.82) is 0 Å². The minimum Gasteiger partial charge on any atom is -0.352 e. The quantitative estimate of drug-likeness (QED) is 0.860. The third kappa shape index (κ3) is 3.67. The summed E-state index contributed by atoms with van der Waals surface area (Å²) in [5.41, 5.74) is 0.403. The Morgan fingerprint density at radius 3 is 2.52 bits per heavy atom. The number of benzene rings is 1. The lowest BCUT2D eigenvalue weighted by atomic mass is 9.96. The minimum absolute atomic E-state index is 0.126. The third-order valence-corrected chi connectivity index (χ3v) is 5.69. The Hall–Kier alpha value is -2.09. The number of hydrogen-bond acceptors (Lipinski definition) is 3. The molecule has 1 fully saturated rings. The summed E-state index contributed by atoms with van der Waals surface area (Å²) >= 11 is 0. The number of hydrogen-bond donors (Lipinski definition) is 1. The van der Waals surface area contributed by atoms with Crippen molar-refractivity contribution in [3.8, 4) is 0 Å². The largest absolute Gasteiger partial charge is 0.449 e. The van der Waals surface area contributed by atoms with Crippen LogP contribution in [0.2, 0.25) is 0 Å². The number of halogens is 3. The van der Waals surface area contributed by atoms with Crippen molar-refractivity contribution in [3.63, 3.8) is 0 Å². The highest BCUT2D eigenvalue weighted by atomic mass is 19.4. The van der Waals surface area contributed by atoms with E-state index in [1.165, 1.54) is 13.0 Å². The summed E-state index contributed by atoms with van der Waals surface area (Å²) < 4.78 is 41.4. The number of rotatable bonds is 5. The number of carbonyl (C=O) groups is 1. The molecule has 3 rings (SSSR count). The van der Waals surface area contributed by atoms with Gasteiger partial charge in [0.25, 0.3) is 0 Å². The van der Waals surface area contributed by atoms with E-state index in [2.05, 4.69) is 15.2 Å². The van der Waals surface area contributed by atoms with E-state index in [0.29, 0.717) is 12.1 Å². The van der Waals surface area contributed by atoms with E-state index in [1.54, 1.807) is 18.2 Å². The molecule has 0 aliphatic heterocycles. The highest BCUT2D eigenvalue weighted by Gasteiger charge is 2.40. The average Bonchev–Trinajstić information content (AvgIpc) is 3.24. The number of para-hydroxylation sites is 2. The smallest absolute Gasteiger partial charge is 0.352 e. The number of fused-ring (bicyclic) bond motifs is 1. The first-order valence-corrected chi connectivity index (χ1v) is 9.15. The molecule has 148 valence electrons. The van der Waals surface area contributed by atoms with Gasteiger partial charge in [0.1, 0.15) is 6.04 Å². The molecule has 0 saturated heterocycles. The van der Waals surface area contributed by atoms with Gasteiger partial charge < -0.3 is 14.8 Å². The number of amides is 1. The molecule has 0 bridgehead atoms. The van der Waals surface area contributed by atoms with Crippen LogP contribution in [-0.2, 0) is 11.0 Å². The fourth-order valence-corrected chi connectivity index (χ4v) is 3.97. The Morgan fingerprint density at radius 2 is 1.93 bits per heavy atom. The summed E-state index contributed by atoms with van der Waals surface area (Å²) in [6, 6.07) is 5.33. The molecule has 0 radical (unpaired) electrons. The zero-order valence-electron chi connectivity index (χ0n) is 15.8. The second-order valence-electron chi connectivity index (χ2n) is 7.51. The van der Waals surface area contributed by atoms with Gasteiger partial charge in [-0.05, 0) is 46.0 Å². The molecule has 5 nitrogen and oxygen atoms in total. The maximum atomic E-state index is 13.5. The maximum Gasteiger partial charge on any atom is 0.449 e. The van der Waals surface area contributed by atoms with Gasteiger partial charge in [0.2, 0.25) is 11.7 Å². The van der Waals surface area contributed by atoms with Gasteiger partial charge in [0, 0.05) is 12.1 Å². The van der Waals surface area contributed by atoms with Gasteiger partial charge in [0.15, 0.2) is 0 Å². The van der Waals surface area contributed by atoms with Gasteiger partial charge in [0.05, 0.1) is 11.0 Å². The Labute approximate surface area is 156 Å². The molecule has 1 aromatic heterocycles. The molecule has 1 aliphatic carbocycles. The number of imidazole rings is 1. The number of alkyl halides is 3. The van der Waals surface area contributed by atoms with E-state index in [9.17, 15) is 18.0 Å². The molecule has 1 aromatic carbocycles. The number of carbonyl (C=O) groups excluding carboxylic acids is 1. The van der Waals surface area contributed by atoms with Gasteiger partial charge in [-0.3, -0.25) is 4.79 Å². The SMILES string of the molecule is C[C@H](C(=O)NCC1(N(C)C)CCCC1)n1c(C(F)(F)F)nc2ccccc21. The number of nitrogens with one attached hydrogen (secondary N) is 1. The highest BCUT2D eigenvalue weighted by Crippen LogP contribution is 2.35. The first kappa shape index (κ1) is 19.7. The van der Waals surface area contributed by atoms with Crippen LogP contribution in [0, 0.1) is 0 Å². The van der Waals surface area contributed by atoms with Crippen LogP contribution in [0.15, 0.2) is 24.3 Å². The lowest BCUT2D eigenvalue weighted by molar-refractivity contribution is -0.148. The van der Waals surface area contributed by atoms with E-state index >= 15 is 0 Å². The summed E-state index contributed by atoms with van der Waals surface area (Å²) in [7, 11) is 3.96. The van der Waals surface area contributed by atoms with Gasteiger partial charge in [-0.2, -0.15) is 13.2 Å². The molecular weight excluding hydrogens is 357 g/mol. The van der Waals surface area contributed by atoms with Crippen LogP contribution in [0.1, 0.15) is 44.5 Å². The molecule has 1 aliphatic rings. The molecule has 8 heteroatoms. The fourth-order valence-electron chi connectivity index (χ4n) is 3.97. The summed E-state index contributed by atoms with van der Waals surface area (Å²) in [4.78, 5) is 18.6. The highest BCUT2D eigenvalue weighted by molar-refractivity contribution is 5.84. The lowest BCUT2D eigenvalue weighted by Gasteiger charge is -2.36. The second-order valence-corrected chi connectivity index (χ2v) is 7.51. The van der Waals surface area contributed by atoms with Crippen molar-refractivity contribution in [3.05, 3.63) is 30.1 Å². The van der Waals surface area contributed by atoms with Crippen molar-refractivity contribution in [2.75, 3.05) is 20.6 Å². The predicted molar refractivity (Wildman–Crippen MR) is 97.3 cm³/mol. The third-order valence-electron chi connectivity index (χ3n) is 5.69. The van der Waals surface area contributed by atoms with Crippen molar-refractivity contribution in [2.45, 2.75) is 50.4 Å². The zero-order valence-corrected chi connectivity index (χ0v) is 15.8. The van der Waals surface area contributed by atoms with Crippen LogP contribution >= 0.6 is 0 Å². The standard InChI is InChI=1S/C19H25F3N4O/c1-13(16(27)23-12-18(25(2)3)10-6-7-11-18)26-15-9-5-4-8-14(15)24-17(26)19(20,21)22/h4-5,8-9,13H,6-7,10-12H2,1-3H3,(H,23,27)/t13-/m1/s1. The van der Waals surface area contributed by atoms with Crippen LogP contribution in [0.5, 0.6) is 0 Å². The summed E-state index contributed by atoms with van der Waals surface area (Å²) in [6.45, 7) is 1.91. The Balaban J connectivity index is 1.87. The number of nitrogens with zero attached hydrogens (tertiary/aromatic N) is 3. The first-order chi connectivity index (χ1) is 12.7. The van der Waals surface area contributed by atoms with E-state index in [4.69, 9.17) is 0 Å². The van der Waals surface area contributed by atoms with Crippen LogP contribution < -0.4 is 5.32 Å². The Kier molecular flexibility index (Phi) is 5.20. The lowest BCUT2D eigenvalue weighted by Crippen LogP contribution is -2.51. The minimum atomic E-state index is -4.64. The molecule has 27 heavy (non-hydrogen) atoms. The zero-order chi connectivity index (χ0) is 19.8. The van der Waals surface area contributed by atoms with Gasteiger partial charge in [-0.1, -0.05) is 25.0 Å². The molecule has 1 atom stereocenters. The predicted octanol–water partition coefficient (Wildman–Crippen LogP) is 3.61. The molecule has 1 N–H and O–H groups in total. The van der Waals surface area contributed by atoms with E-state index in [1.807, 2.05) is 14.1 Å².